The van der Waals surface area contributed by atoms with Gasteiger partial charge in [0.15, 0.2) is 43.2 Å². The molecule has 0 radical (unpaired) electrons. The van der Waals surface area contributed by atoms with Crippen molar-refractivity contribution in [1.82, 2.24) is 55.6 Å². The highest BCUT2D eigenvalue weighted by molar-refractivity contribution is 9.10. The van der Waals surface area contributed by atoms with Crippen molar-refractivity contribution >= 4 is 131 Å². The summed E-state index contributed by atoms with van der Waals surface area (Å²) in [5, 5.41) is 32.0. The van der Waals surface area contributed by atoms with Gasteiger partial charge < -0.3 is 44.9 Å². The van der Waals surface area contributed by atoms with E-state index < -0.39 is 161 Å². The van der Waals surface area contributed by atoms with E-state index in [1.807, 2.05) is 0 Å². The Morgan fingerprint density at radius 1 is 0.643 bits per heavy atom. The van der Waals surface area contributed by atoms with Gasteiger partial charge in [0, 0.05) is 143 Å². The van der Waals surface area contributed by atoms with Crippen LogP contribution in [-0.4, -0.2) is 220 Å². The number of carbonyl (C=O) groups excluding carboxylic acids is 5. The molecule has 29 nitrogen and oxygen atoms in total. The number of sulfone groups is 1. The third-order valence-corrected chi connectivity index (χ3v) is 22.5. The van der Waals surface area contributed by atoms with E-state index in [0.29, 0.717) is 48.8 Å². The predicted molar refractivity (Wildman–Crippen MR) is 396 cm³/mol. The molecule has 6 aromatic rings. The number of halogens is 10. The molecule has 1 amide bonds. The highest BCUT2D eigenvalue weighted by Gasteiger charge is 2.50. The number of carboxylic acids is 2. The first-order valence-corrected chi connectivity index (χ1v) is 39.0. The zero-order valence-corrected chi connectivity index (χ0v) is 65.2. The number of hydrogen-bond donors (Lipinski definition) is 6. The lowest BCUT2D eigenvalue weighted by molar-refractivity contribution is -0.149. The Hall–Kier alpha value is -9.39. The first kappa shape index (κ1) is 85.0. The molecular weight excluding hydrogens is 1660 g/mol. The zero-order valence-electron chi connectivity index (χ0n) is 59.7. The topological polar surface area (TPSA) is 370 Å². The number of benzene rings is 3. The van der Waals surface area contributed by atoms with E-state index in [-0.39, 0.29) is 94.7 Å². The number of methoxy groups -OCH3 is 1. The van der Waals surface area contributed by atoms with Crippen LogP contribution < -0.4 is 21.4 Å². The lowest BCUT2D eigenvalue weighted by Crippen LogP contribution is -2.57. The van der Waals surface area contributed by atoms with Crippen LogP contribution in [0.25, 0.3) is 0 Å². The Bertz CT molecular complexity index is 4920. The van der Waals surface area contributed by atoms with Gasteiger partial charge in [-0.05, 0) is 55.8 Å². The number of aromatic nitrogens is 4. The largest absolute Gasteiger partial charge is 0.481 e. The molecule has 0 aliphatic carbocycles. The summed E-state index contributed by atoms with van der Waals surface area (Å²) in [6.45, 7) is 1.47. The molecule has 9 heterocycles. The number of carbonyl (C=O) groups is 7. The lowest BCUT2D eigenvalue weighted by Gasteiger charge is -2.36. The molecule has 42 heteroatoms. The Labute approximate surface area is 660 Å². The molecular formula is C70H70BrCl2F7N14O15S3. The van der Waals surface area contributed by atoms with Crippen LogP contribution >= 0.6 is 61.8 Å². The molecule has 3 aromatic carbocycles. The van der Waals surface area contributed by atoms with Crippen LogP contribution in [-0.2, 0) is 69.5 Å². The molecule has 1 unspecified atom stereocenters. The predicted octanol–water partition coefficient (Wildman–Crippen LogP) is 8.24. The van der Waals surface area contributed by atoms with Crippen molar-refractivity contribution in [3.63, 3.8) is 0 Å². The second kappa shape index (κ2) is 36.6. The molecule has 598 valence electrons. The number of amidine groups is 3. The normalized spacial score (nSPS) is 21.4. The fourth-order valence-electron chi connectivity index (χ4n) is 13.1. The molecule has 3 aromatic heterocycles. The number of esters is 3. The zero-order chi connectivity index (χ0) is 81.3. The van der Waals surface area contributed by atoms with Crippen LogP contribution in [0.15, 0.2) is 143 Å². The Morgan fingerprint density at radius 3 is 1.53 bits per heavy atom. The molecule has 6 N–H and O–H groups in total. The van der Waals surface area contributed by atoms with E-state index in [1.165, 1.54) is 82.2 Å². The van der Waals surface area contributed by atoms with Crippen LogP contribution in [0.4, 0.5) is 30.7 Å². The minimum Gasteiger partial charge on any atom is -0.481 e. The number of nitrogens with zero attached hydrogens (tertiary/aromatic N) is 10. The fourth-order valence-corrected chi connectivity index (χ4v) is 16.9. The van der Waals surface area contributed by atoms with Crippen molar-refractivity contribution in [3.05, 3.63) is 188 Å². The van der Waals surface area contributed by atoms with Gasteiger partial charge in [-0.3, -0.25) is 48.9 Å². The number of carboxylic acid groups (broad SMARTS) is 2. The summed E-state index contributed by atoms with van der Waals surface area (Å²) in [5.41, 5.74) is 4.03. The van der Waals surface area contributed by atoms with Gasteiger partial charge in [-0.1, -0.05) is 57.3 Å². The summed E-state index contributed by atoms with van der Waals surface area (Å²) in [6, 6.07) is 5.07. The van der Waals surface area contributed by atoms with Crippen LogP contribution in [0.1, 0.15) is 90.2 Å². The van der Waals surface area contributed by atoms with Gasteiger partial charge in [0.1, 0.15) is 41.6 Å². The maximum Gasteiger partial charge on any atom is 0.372 e. The number of nitrogens with one attached hydrogen (secondary N) is 4. The third kappa shape index (κ3) is 20.7. The number of aliphatic imine (C=N–C) groups is 3. The van der Waals surface area contributed by atoms with Crippen LogP contribution in [0, 0.1) is 17.5 Å². The average Bonchev–Trinajstić information content (AvgIpc) is 1.22. The van der Waals surface area contributed by atoms with E-state index in [1.54, 1.807) is 59.7 Å². The van der Waals surface area contributed by atoms with E-state index in [0.717, 1.165) is 25.3 Å². The number of amides is 1. The van der Waals surface area contributed by atoms with Crippen molar-refractivity contribution in [2.24, 2.45) is 22.0 Å². The van der Waals surface area contributed by atoms with Gasteiger partial charge in [-0.15, -0.1) is 22.7 Å². The van der Waals surface area contributed by atoms with E-state index in [2.05, 4.69) is 62.3 Å². The van der Waals surface area contributed by atoms with Crippen LogP contribution in [0.3, 0.4) is 0 Å². The van der Waals surface area contributed by atoms with Gasteiger partial charge in [0.25, 0.3) is 17.8 Å². The third-order valence-electron chi connectivity index (χ3n) is 18.0. The molecule has 0 saturated carbocycles. The number of rotatable bonds is 24. The molecule has 6 aliphatic heterocycles. The molecule has 12 rings (SSSR count). The number of alkyl halides is 4. The molecule has 6 atom stereocenters. The Balaban J connectivity index is 0.000000178. The van der Waals surface area contributed by atoms with Crippen molar-refractivity contribution in [3.8, 4) is 0 Å². The monoisotopic (exact) mass is 1720 g/mol. The summed E-state index contributed by atoms with van der Waals surface area (Å²) in [6.07, 6.45) is 3.86. The number of aryl methyl sites for hydroxylation is 1. The number of aliphatic carboxylic acids is 2. The molecule has 112 heavy (non-hydrogen) atoms. The van der Waals surface area contributed by atoms with E-state index in [4.69, 9.17) is 52.3 Å². The number of ketones is 1. The number of thiazole rings is 2. The second-order valence-corrected chi connectivity index (χ2v) is 31.4. The Morgan fingerprint density at radius 2 is 1.10 bits per heavy atom. The average molecular weight is 1730 g/mol. The number of hydroxylamine groups is 1. The van der Waals surface area contributed by atoms with Gasteiger partial charge in [-0.25, -0.2) is 78.8 Å². The van der Waals surface area contributed by atoms with Gasteiger partial charge in [-0.2, -0.15) is 0 Å². The first-order chi connectivity index (χ1) is 53.1. The van der Waals surface area contributed by atoms with E-state index in [9.17, 15) is 77.8 Å². The summed E-state index contributed by atoms with van der Waals surface area (Å²) < 4.78 is 141. The smallest absolute Gasteiger partial charge is 0.372 e. The first-order valence-electron chi connectivity index (χ1n) is 33.9. The lowest BCUT2D eigenvalue weighted by atomic mass is 9.95. The molecule has 0 spiro atoms. The minimum atomic E-state index is -3.49. The standard InChI is InChI=1S/C24H23ClF3N5O5.C23H22BrF3N4O4S.C23H25ClFN5O6S2/c1-32-6-5-29-21(32)20-30-16(10-33-11-24(27,28)9-13(33)8-17(34)22(35)36)18(23(37)38-2)19(31-20)14-4-3-12(26)7-15(14)25;1-2-35-22(34)18-16(10-31-11-23(26,27)9-13(31)8-17(32)33)29-20(21-28-5-6-36-21)30-19(18)14-4-3-12(25)7-15(14)24;1-3-36-23(32)18-16(11-30-7-9-38(33,34)12-17(30)21(31)29-35-2)27-20(22-26-6-8-37-22)28-19(18)14-5-4-13(25)10-15(14)24/h3-7,13,19H,8-11H2,1-2H3,(H,30,31)(H,35,36);3-7,13,19H,2,8-11H2,1H3,(H,29,30)(H,32,33);4-6,8,10,17,19H,3,7,9,11-12H2,1-2H3,(H,27,28)(H,29,31)/t13-,19+;13?,19-;17-,19-/m100/s1. The summed E-state index contributed by atoms with van der Waals surface area (Å²) in [7, 11) is 0.585. The maximum atomic E-state index is 14.4. The summed E-state index contributed by atoms with van der Waals surface area (Å²) >= 11 is 18.6. The number of Topliss-reactive ketones (excluding diaryl/α,β-unsaturated/α-hetero) is 1. The van der Waals surface area contributed by atoms with E-state index >= 15 is 0 Å². The molecule has 0 bridgehead atoms. The SMILES string of the molecule is CCOC(=O)C1=C(CN2CC(F)(F)CC2CC(=O)O)NC(c2nccs2)=N[C@H]1c1ccc(F)cc1Br.CCOC(=O)C1=C(CN2CCS(=O)(=O)C[C@H]2C(=O)NOC)NC(c2nccs2)=N[C@H]1c1ccc(F)cc1Cl.COC(=O)C1=C(CN2CC(F)(F)C[C@H]2CC(=O)C(=O)O)NC(c2nccn2C)=N[C@H]1c1ccc(F)cc1Cl. The molecule has 6 aliphatic rings. The minimum absolute atomic E-state index is 0.0249. The second-order valence-electron chi connectivity index (χ2n) is 25.7. The number of imidazole rings is 1. The number of ether oxygens (including phenoxy) is 3. The quantitative estimate of drug-likeness (QED) is 0.0109. The maximum absolute atomic E-state index is 14.4. The number of likely N-dealkylation sites (tertiary alicyclic amines) is 2. The van der Waals surface area contributed by atoms with Gasteiger partial charge in [0.2, 0.25) is 5.78 Å². The highest BCUT2D eigenvalue weighted by Crippen LogP contribution is 2.43. The van der Waals surface area contributed by atoms with Crippen molar-refractivity contribution in [2.75, 3.05) is 78.2 Å². The van der Waals surface area contributed by atoms with Crippen molar-refractivity contribution in [2.45, 2.75) is 87.6 Å². The summed E-state index contributed by atoms with van der Waals surface area (Å²) in [5.74, 6) is -14.4. The van der Waals surface area contributed by atoms with Crippen molar-refractivity contribution in [1.29, 1.82) is 0 Å². The fraction of sp³-hybridized carbons (Fsp3) is 0.386. The Kier molecular flexibility index (Phi) is 27.8. The van der Waals surface area contributed by atoms with Gasteiger partial charge >= 0.3 is 29.8 Å². The summed E-state index contributed by atoms with van der Waals surface area (Å²) in [4.78, 5) is 122. The van der Waals surface area contributed by atoms with Crippen molar-refractivity contribution < 1.29 is 102 Å². The van der Waals surface area contributed by atoms with Gasteiger partial charge in [0.05, 0.1) is 75.2 Å². The molecule has 3 fully saturated rings. The molecule has 3 saturated heterocycles. The number of hydrogen-bond acceptors (Lipinski definition) is 27. The van der Waals surface area contributed by atoms with Crippen LogP contribution in [0.5, 0.6) is 0 Å². The highest BCUT2D eigenvalue weighted by atomic mass is 79.9. The van der Waals surface area contributed by atoms with Crippen LogP contribution in [0.2, 0.25) is 10.0 Å².